The van der Waals surface area contributed by atoms with E-state index in [4.69, 9.17) is 0 Å². The van der Waals surface area contributed by atoms with Crippen LogP contribution in [0.5, 0.6) is 5.75 Å². The molecule has 1 fully saturated rings. The Kier molecular flexibility index (Phi) is 4.28. The van der Waals surface area contributed by atoms with Crippen molar-refractivity contribution in [3.05, 3.63) is 29.8 Å². The van der Waals surface area contributed by atoms with Crippen LogP contribution in [0.3, 0.4) is 0 Å². The molecule has 18 heavy (non-hydrogen) atoms. The lowest BCUT2D eigenvalue weighted by Crippen LogP contribution is -2.41. The highest BCUT2D eigenvalue weighted by Gasteiger charge is 2.30. The molecule has 0 spiro atoms. The summed E-state index contributed by atoms with van der Waals surface area (Å²) in [6, 6.07) is 8.97. The molecule has 2 unspecified atom stereocenters. The van der Waals surface area contributed by atoms with Crippen molar-refractivity contribution in [2.75, 3.05) is 6.54 Å². The van der Waals surface area contributed by atoms with E-state index in [0.717, 1.165) is 18.4 Å². The molecule has 0 aliphatic carbocycles. The normalized spacial score (nSPS) is 22.6. The first-order chi connectivity index (χ1) is 8.58. The van der Waals surface area contributed by atoms with Gasteiger partial charge in [0.25, 0.3) is 0 Å². The van der Waals surface area contributed by atoms with Crippen LogP contribution < -0.4 is 0 Å². The SMILES string of the molecule is CC(C)C1CCCN1C(C)Cc1ccc(O)cc1. The Labute approximate surface area is 111 Å². The van der Waals surface area contributed by atoms with Crippen LogP contribution in [0, 0.1) is 5.92 Å². The molecule has 2 rings (SSSR count). The summed E-state index contributed by atoms with van der Waals surface area (Å²) < 4.78 is 0. The predicted molar refractivity (Wildman–Crippen MR) is 75.8 cm³/mol. The fourth-order valence-corrected chi connectivity index (χ4v) is 3.17. The number of nitrogens with zero attached hydrogens (tertiary/aromatic N) is 1. The van der Waals surface area contributed by atoms with Gasteiger partial charge < -0.3 is 5.11 Å². The lowest BCUT2D eigenvalue weighted by atomic mass is 9.99. The third kappa shape index (κ3) is 3.05. The maximum Gasteiger partial charge on any atom is 0.115 e. The summed E-state index contributed by atoms with van der Waals surface area (Å²) in [6.45, 7) is 8.22. The van der Waals surface area contributed by atoms with Crippen molar-refractivity contribution >= 4 is 0 Å². The topological polar surface area (TPSA) is 23.5 Å². The molecule has 1 aliphatic rings. The minimum Gasteiger partial charge on any atom is -0.508 e. The number of rotatable bonds is 4. The van der Waals surface area contributed by atoms with Gasteiger partial charge in [0.1, 0.15) is 5.75 Å². The van der Waals surface area contributed by atoms with E-state index in [2.05, 4.69) is 25.7 Å². The van der Waals surface area contributed by atoms with Crippen molar-refractivity contribution in [2.45, 2.75) is 52.1 Å². The fraction of sp³-hybridized carbons (Fsp3) is 0.625. The molecule has 0 radical (unpaired) electrons. The molecule has 1 saturated heterocycles. The smallest absolute Gasteiger partial charge is 0.115 e. The molecule has 1 aromatic rings. The highest BCUT2D eigenvalue weighted by Crippen LogP contribution is 2.27. The number of benzene rings is 1. The van der Waals surface area contributed by atoms with E-state index in [1.54, 1.807) is 12.1 Å². The summed E-state index contributed by atoms with van der Waals surface area (Å²) in [4.78, 5) is 2.66. The van der Waals surface area contributed by atoms with E-state index in [1.165, 1.54) is 24.9 Å². The van der Waals surface area contributed by atoms with E-state index in [-0.39, 0.29) is 0 Å². The number of hydrogen-bond acceptors (Lipinski definition) is 2. The Bertz CT molecular complexity index is 371. The first-order valence-corrected chi connectivity index (χ1v) is 7.11. The van der Waals surface area contributed by atoms with Crippen LogP contribution in [0.25, 0.3) is 0 Å². The van der Waals surface area contributed by atoms with Gasteiger partial charge in [0.15, 0.2) is 0 Å². The second-order valence-electron chi connectivity index (χ2n) is 5.91. The number of hydrogen-bond donors (Lipinski definition) is 1. The van der Waals surface area contributed by atoms with Crippen molar-refractivity contribution in [3.8, 4) is 5.75 Å². The largest absolute Gasteiger partial charge is 0.508 e. The van der Waals surface area contributed by atoms with Crippen LogP contribution in [0.2, 0.25) is 0 Å². The molecule has 2 heteroatoms. The highest BCUT2D eigenvalue weighted by molar-refractivity contribution is 5.26. The Morgan fingerprint density at radius 3 is 2.50 bits per heavy atom. The van der Waals surface area contributed by atoms with Crippen LogP contribution in [0.1, 0.15) is 39.2 Å². The number of phenolic OH excluding ortho intramolecular Hbond substituents is 1. The summed E-state index contributed by atoms with van der Waals surface area (Å²) in [7, 11) is 0. The van der Waals surface area contributed by atoms with Gasteiger partial charge in [-0.3, -0.25) is 4.90 Å². The Morgan fingerprint density at radius 1 is 1.22 bits per heavy atom. The Hall–Kier alpha value is -1.02. The number of likely N-dealkylation sites (tertiary alicyclic amines) is 1. The predicted octanol–water partition coefficient (Wildman–Crippen LogP) is 3.44. The van der Waals surface area contributed by atoms with Crippen molar-refractivity contribution < 1.29 is 5.11 Å². The lowest BCUT2D eigenvalue weighted by Gasteiger charge is -2.33. The molecule has 0 amide bonds. The molecule has 1 aliphatic heterocycles. The van der Waals surface area contributed by atoms with Gasteiger partial charge in [0.2, 0.25) is 0 Å². The average molecular weight is 247 g/mol. The van der Waals surface area contributed by atoms with Gasteiger partial charge in [-0.05, 0) is 56.3 Å². The monoisotopic (exact) mass is 247 g/mol. The second-order valence-corrected chi connectivity index (χ2v) is 5.91. The lowest BCUT2D eigenvalue weighted by molar-refractivity contribution is 0.155. The molecular formula is C16H25NO. The zero-order chi connectivity index (χ0) is 13.1. The first kappa shape index (κ1) is 13.4. The standard InChI is InChI=1S/C16H25NO/c1-12(2)16-5-4-10-17(16)13(3)11-14-6-8-15(18)9-7-14/h6-9,12-13,16,18H,4-5,10-11H2,1-3H3. The molecule has 0 saturated carbocycles. The molecular weight excluding hydrogens is 222 g/mol. The van der Waals surface area contributed by atoms with Gasteiger partial charge in [0.05, 0.1) is 0 Å². The van der Waals surface area contributed by atoms with Crippen molar-refractivity contribution in [3.63, 3.8) is 0 Å². The van der Waals surface area contributed by atoms with Crippen LogP contribution in [-0.4, -0.2) is 28.6 Å². The van der Waals surface area contributed by atoms with E-state index < -0.39 is 0 Å². The van der Waals surface area contributed by atoms with Gasteiger partial charge in [0, 0.05) is 12.1 Å². The van der Waals surface area contributed by atoms with E-state index >= 15 is 0 Å². The first-order valence-electron chi connectivity index (χ1n) is 7.11. The van der Waals surface area contributed by atoms with Gasteiger partial charge in [-0.1, -0.05) is 26.0 Å². The third-order valence-corrected chi connectivity index (χ3v) is 4.15. The Balaban J connectivity index is 1.98. The molecule has 1 N–H and O–H groups in total. The zero-order valence-electron chi connectivity index (χ0n) is 11.8. The molecule has 2 atom stereocenters. The third-order valence-electron chi connectivity index (χ3n) is 4.15. The van der Waals surface area contributed by atoms with Gasteiger partial charge in [-0.15, -0.1) is 0 Å². The second kappa shape index (κ2) is 5.75. The summed E-state index contributed by atoms with van der Waals surface area (Å²) in [5, 5.41) is 9.31. The van der Waals surface area contributed by atoms with Crippen molar-refractivity contribution in [1.82, 2.24) is 4.90 Å². The van der Waals surface area contributed by atoms with Gasteiger partial charge in [-0.2, -0.15) is 0 Å². The summed E-state index contributed by atoms with van der Waals surface area (Å²) in [5.41, 5.74) is 1.31. The molecule has 1 heterocycles. The quantitative estimate of drug-likeness (QED) is 0.881. The van der Waals surface area contributed by atoms with E-state index in [0.29, 0.717) is 11.8 Å². The van der Waals surface area contributed by atoms with Gasteiger partial charge in [-0.25, -0.2) is 0 Å². The maximum absolute atomic E-state index is 9.31. The maximum atomic E-state index is 9.31. The van der Waals surface area contributed by atoms with Crippen LogP contribution >= 0.6 is 0 Å². The minimum absolute atomic E-state index is 0.354. The molecule has 100 valence electrons. The van der Waals surface area contributed by atoms with Crippen LogP contribution in [0.4, 0.5) is 0 Å². The van der Waals surface area contributed by atoms with Crippen molar-refractivity contribution in [1.29, 1.82) is 0 Å². The Morgan fingerprint density at radius 2 is 1.89 bits per heavy atom. The molecule has 0 aromatic heterocycles. The summed E-state index contributed by atoms with van der Waals surface area (Å²) >= 11 is 0. The van der Waals surface area contributed by atoms with Crippen molar-refractivity contribution in [2.24, 2.45) is 5.92 Å². The molecule has 2 nitrogen and oxygen atoms in total. The summed E-state index contributed by atoms with van der Waals surface area (Å²) in [5.74, 6) is 1.10. The van der Waals surface area contributed by atoms with Crippen LogP contribution in [-0.2, 0) is 6.42 Å². The fourth-order valence-electron chi connectivity index (χ4n) is 3.17. The highest BCUT2D eigenvalue weighted by atomic mass is 16.3. The minimum atomic E-state index is 0.354. The average Bonchev–Trinajstić information content (AvgIpc) is 2.81. The zero-order valence-corrected chi connectivity index (χ0v) is 11.8. The number of aromatic hydroxyl groups is 1. The molecule has 1 aromatic carbocycles. The summed E-state index contributed by atoms with van der Waals surface area (Å²) in [6.07, 6.45) is 3.75. The van der Waals surface area contributed by atoms with E-state index in [1.807, 2.05) is 12.1 Å². The molecule has 0 bridgehead atoms. The number of phenols is 1. The van der Waals surface area contributed by atoms with E-state index in [9.17, 15) is 5.11 Å². The van der Waals surface area contributed by atoms with Gasteiger partial charge >= 0.3 is 0 Å². The van der Waals surface area contributed by atoms with Crippen LogP contribution in [0.15, 0.2) is 24.3 Å².